The van der Waals surface area contributed by atoms with Gasteiger partial charge in [0.15, 0.2) is 9.84 Å². The molecule has 27 heavy (non-hydrogen) atoms. The Hall–Kier alpha value is -2.05. The third-order valence-electron chi connectivity index (χ3n) is 4.67. The molecule has 0 saturated carbocycles. The first-order valence-electron chi connectivity index (χ1n) is 8.78. The van der Waals surface area contributed by atoms with Crippen LogP contribution in [0.1, 0.15) is 35.6 Å². The summed E-state index contributed by atoms with van der Waals surface area (Å²) in [7, 11) is -2.20. The lowest BCUT2D eigenvalue weighted by molar-refractivity contribution is -0.119. The second-order valence-corrected chi connectivity index (χ2v) is 9.20. The fourth-order valence-electron chi connectivity index (χ4n) is 3.49. The normalized spacial score (nSPS) is 16.4. The summed E-state index contributed by atoms with van der Waals surface area (Å²) < 4.78 is 30.2. The van der Waals surface area contributed by atoms with E-state index in [9.17, 15) is 13.2 Å². The third kappa shape index (κ3) is 5.02. The van der Waals surface area contributed by atoms with Gasteiger partial charge in [-0.2, -0.15) is 0 Å². The van der Waals surface area contributed by atoms with E-state index in [1.165, 1.54) is 12.7 Å². The summed E-state index contributed by atoms with van der Waals surface area (Å²) in [6.07, 6.45) is 2.76. The van der Waals surface area contributed by atoms with Crippen molar-refractivity contribution in [2.45, 2.75) is 31.1 Å². The predicted molar refractivity (Wildman–Crippen MR) is 106 cm³/mol. The highest BCUT2D eigenvalue weighted by Crippen LogP contribution is 2.29. The first-order chi connectivity index (χ1) is 12.9. The molecule has 144 valence electrons. The molecule has 0 heterocycles. The molecule has 1 aliphatic rings. The van der Waals surface area contributed by atoms with Crippen LogP contribution in [0.5, 0.6) is 5.75 Å². The number of amides is 1. The molecule has 1 N–H and O–H groups in total. The van der Waals surface area contributed by atoms with E-state index in [0.717, 1.165) is 24.8 Å². The van der Waals surface area contributed by atoms with Crippen LogP contribution in [0, 0.1) is 0 Å². The summed E-state index contributed by atoms with van der Waals surface area (Å²) in [5, 5.41) is 3.30. The van der Waals surface area contributed by atoms with Crippen LogP contribution >= 0.6 is 11.6 Å². The van der Waals surface area contributed by atoms with E-state index in [1.807, 2.05) is 18.2 Å². The molecule has 2 aromatic rings. The Morgan fingerprint density at radius 1 is 1.26 bits per heavy atom. The van der Waals surface area contributed by atoms with Gasteiger partial charge in [0.1, 0.15) is 11.5 Å². The van der Waals surface area contributed by atoms with Crippen LogP contribution in [0.25, 0.3) is 0 Å². The van der Waals surface area contributed by atoms with Gasteiger partial charge in [0.25, 0.3) is 0 Å². The van der Waals surface area contributed by atoms with Gasteiger partial charge in [0, 0.05) is 10.6 Å². The molecule has 1 aliphatic carbocycles. The lowest BCUT2D eigenvalue weighted by Gasteiger charge is -2.26. The number of methoxy groups -OCH3 is 1. The number of rotatable bonds is 6. The van der Waals surface area contributed by atoms with Crippen molar-refractivity contribution in [2.75, 3.05) is 12.9 Å². The minimum absolute atomic E-state index is 0.140. The standard InChI is InChI=1S/C20H22ClNO4S/c1-26-19-10-9-16(21)11-15(19)12-27(24,25)13-20(23)22-18-8-4-6-14-5-2-3-7-17(14)18/h2-3,5,7,9-11,18H,4,6,8,12-13H2,1H3,(H,22,23). The number of halogens is 1. The van der Waals surface area contributed by atoms with E-state index in [2.05, 4.69) is 11.4 Å². The summed E-state index contributed by atoms with van der Waals surface area (Å²) in [5.74, 6) is -0.922. The smallest absolute Gasteiger partial charge is 0.235 e. The maximum Gasteiger partial charge on any atom is 0.235 e. The largest absolute Gasteiger partial charge is 0.496 e. The minimum atomic E-state index is -3.66. The van der Waals surface area contributed by atoms with Gasteiger partial charge in [-0.25, -0.2) is 8.42 Å². The van der Waals surface area contributed by atoms with E-state index in [1.54, 1.807) is 18.2 Å². The van der Waals surface area contributed by atoms with Crippen molar-refractivity contribution in [3.8, 4) is 5.75 Å². The molecule has 1 atom stereocenters. The van der Waals surface area contributed by atoms with Gasteiger partial charge in [0.05, 0.1) is 18.9 Å². The summed E-state index contributed by atoms with van der Waals surface area (Å²) in [5.41, 5.74) is 2.73. The molecule has 7 heteroatoms. The van der Waals surface area contributed by atoms with E-state index in [-0.39, 0.29) is 11.8 Å². The number of carbonyl (C=O) groups excluding carboxylic acids is 1. The first-order valence-corrected chi connectivity index (χ1v) is 11.0. The molecule has 5 nitrogen and oxygen atoms in total. The monoisotopic (exact) mass is 407 g/mol. The highest BCUT2D eigenvalue weighted by Gasteiger charge is 2.25. The quantitative estimate of drug-likeness (QED) is 0.795. The summed E-state index contributed by atoms with van der Waals surface area (Å²) in [6, 6.07) is 12.6. The fourth-order valence-corrected chi connectivity index (χ4v) is 4.97. The maximum atomic E-state index is 12.5. The Kier molecular flexibility index (Phi) is 6.07. The predicted octanol–water partition coefficient (Wildman–Crippen LogP) is 3.46. The van der Waals surface area contributed by atoms with Crippen molar-refractivity contribution in [1.82, 2.24) is 5.32 Å². The molecule has 1 unspecified atom stereocenters. The van der Waals surface area contributed by atoms with Gasteiger partial charge in [-0.15, -0.1) is 0 Å². The van der Waals surface area contributed by atoms with Crippen LogP contribution in [0.2, 0.25) is 5.02 Å². The SMILES string of the molecule is COc1ccc(Cl)cc1CS(=O)(=O)CC(=O)NC1CCCc2ccccc21. The summed E-state index contributed by atoms with van der Waals surface area (Å²) in [4.78, 5) is 12.4. The Morgan fingerprint density at radius 2 is 2.04 bits per heavy atom. The molecule has 1 amide bonds. The van der Waals surface area contributed by atoms with Crippen LogP contribution in [0.15, 0.2) is 42.5 Å². The molecule has 0 saturated heterocycles. The topological polar surface area (TPSA) is 72.5 Å². The lowest BCUT2D eigenvalue weighted by atomic mass is 9.88. The molecule has 0 bridgehead atoms. The molecule has 0 radical (unpaired) electrons. The second-order valence-electron chi connectivity index (χ2n) is 6.70. The maximum absolute atomic E-state index is 12.5. The molecule has 0 aromatic heterocycles. The van der Waals surface area contributed by atoms with Crippen molar-refractivity contribution >= 4 is 27.3 Å². The minimum Gasteiger partial charge on any atom is -0.496 e. The summed E-state index contributed by atoms with van der Waals surface area (Å²) in [6.45, 7) is 0. The van der Waals surface area contributed by atoms with E-state index < -0.39 is 21.5 Å². The molecule has 0 spiro atoms. The number of ether oxygens (including phenoxy) is 1. The average Bonchev–Trinajstić information content (AvgIpc) is 2.61. The van der Waals surface area contributed by atoms with E-state index >= 15 is 0 Å². The number of aryl methyl sites for hydroxylation is 1. The third-order valence-corrected chi connectivity index (χ3v) is 6.36. The van der Waals surface area contributed by atoms with Crippen molar-refractivity contribution in [1.29, 1.82) is 0 Å². The van der Waals surface area contributed by atoms with E-state index in [4.69, 9.17) is 16.3 Å². The molecule has 2 aromatic carbocycles. The van der Waals surface area contributed by atoms with Gasteiger partial charge >= 0.3 is 0 Å². The van der Waals surface area contributed by atoms with Gasteiger partial charge < -0.3 is 10.1 Å². The van der Waals surface area contributed by atoms with E-state index in [0.29, 0.717) is 16.3 Å². The molecule has 3 rings (SSSR count). The molecule has 0 aliphatic heterocycles. The van der Waals surface area contributed by atoms with Crippen LogP contribution < -0.4 is 10.1 Å². The lowest BCUT2D eigenvalue weighted by Crippen LogP contribution is -2.35. The van der Waals surface area contributed by atoms with Crippen molar-refractivity contribution < 1.29 is 17.9 Å². The number of benzene rings is 2. The van der Waals surface area contributed by atoms with Crippen molar-refractivity contribution in [3.05, 3.63) is 64.2 Å². The number of hydrogen-bond donors (Lipinski definition) is 1. The number of hydrogen-bond acceptors (Lipinski definition) is 4. The van der Waals surface area contributed by atoms with Crippen molar-refractivity contribution in [2.24, 2.45) is 0 Å². The van der Waals surface area contributed by atoms with Gasteiger partial charge in [-0.1, -0.05) is 35.9 Å². The van der Waals surface area contributed by atoms with Crippen LogP contribution in [-0.4, -0.2) is 27.2 Å². The number of nitrogens with one attached hydrogen (secondary N) is 1. The van der Waals surface area contributed by atoms with Crippen LogP contribution in [0.4, 0.5) is 0 Å². The zero-order valence-electron chi connectivity index (χ0n) is 15.1. The highest BCUT2D eigenvalue weighted by molar-refractivity contribution is 7.91. The van der Waals surface area contributed by atoms with Gasteiger partial charge in [0.2, 0.25) is 5.91 Å². The van der Waals surface area contributed by atoms with Gasteiger partial charge in [-0.05, 0) is 48.6 Å². The fraction of sp³-hybridized carbons (Fsp3) is 0.350. The molecule has 0 fully saturated rings. The van der Waals surface area contributed by atoms with Crippen LogP contribution in [-0.2, 0) is 26.8 Å². The number of carbonyl (C=O) groups is 1. The summed E-state index contributed by atoms with van der Waals surface area (Å²) >= 11 is 5.96. The zero-order chi connectivity index (χ0) is 19.4. The zero-order valence-corrected chi connectivity index (χ0v) is 16.6. The Labute approximate surface area is 164 Å². The Bertz CT molecular complexity index is 943. The average molecular weight is 408 g/mol. The Balaban J connectivity index is 1.68. The molecular weight excluding hydrogens is 386 g/mol. The Morgan fingerprint density at radius 3 is 2.81 bits per heavy atom. The highest BCUT2D eigenvalue weighted by atomic mass is 35.5. The van der Waals surface area contributed by atoms with Crippen LogP contribution in [0.3, 0.4) is 0 Å². The second kappa shape index (κ2) is 8.31. The first kappa shape index (κ1) is 19.7. The number of fused-ring (bicyclic) bond motifs is 1. The molecular formula is C20H22ClNO4S. The van der Waals surface area contributed by atoms with Crippen molar-refractivity contribution in [3.63, 3.8) is 0 Å². The van der Waals surface area contributed by atoms with Gasteiger partial charge in [-0.3, -0.25) is 4.79 Å². The number of sulfone groups is 1.